The third-order valence-electron chi connectivity index (χ3n) is 2.93. The summed E-state index contributed by atoms with van der Waals surface area (Å²) in [6.45, 7) is 4.77. The summed E-state index contributed by atoms with van der Waals surface area (Å²) in [5.41, 5.74) is 1.01. The lowest BCUT2D eigenvalue weighted by atomic mass is 10.1. The number of methoxy groups -OCH3 is 1. The highest BCUT2D eigenvalue weighted by Gasteiger charge is 2.07. The number of rotatable bonds is 9. The molecule has 7 nitrogen and oxygen atoms in total. The minimum Gasteiger partial charge on any atom is -0.493 e. The molecule has 7 heteroatoms. The van der Waals surface area contributed by atoms with Crippen LogP contribution in [0.2, 0.25) is 0 Å². The second-order valence-electron chi connectivity index (χ2n) is 4.58. The number of amides is 2. The van der Waals surface area contributed by atoms with Crippen LogP contribution in [0.3, 0.4) is 0 Å². The molecule has 0 fully saturated rings. The van der Waals surface area contributed by atoms with E-state index in [0.29, 0.717) is 37.7 Å². The molecule has 1 aromatic carbocycles. The number of hydrogen-bond donors (Lipinski definition) is 2. The molecule has 2 N–H and O–H groups in total. The SMILES string of the molecule is CCOC(=O)CNC(=O)NCCc1ccc(OCC)c(OC)c1. The fourth-order valence-electron chi connectivity index (χ4n) is 1.89. The Morgan fingerprint density at radius 3 is 2.52 bits per heavy atom. The summed E-state index contributed by atoms with van der Waals surface area (Å²) in [5.74, 6) is 0.897. The van der Waals surface area contributed by atoms with E-state index in [0.717, 1.165) is 5.56 Å². The summed E-state index contributed by atoms with van der Waals surface area (Å²) >= 11 is 0. The molecule has 2 amide bonds. The molecule has 0 saturated heterocycles. The maximum absolute atomic E-state index is 11.5. The fourth-order valence-corrected chi connectivity index (χ4v) is 1.89. The first-order valence-corrected chi connectivity index (χ1v) is 7.57. The average Bonchev–Trinajstić information content (AvgIpc) is 2.54. The second kappa shape index (κ2) is 10.3. The molecule has 128 valence electrons. The number of hydrogen-bond acceptors (Lipinski definition) is 5. The molecule has 0 heterocycles. The highest BCUT2D eigenvalue weighted by Crippen LogP contribution is 2.28. The van der Waals surface area contributed by atoms with Crippen molar-refractivity contribution in [1.29, 1.82) is 0 Å². The third kappa shape index (κ3) is 6.90. The Morgan fingerprint density at radius 1 is 1.09 bits per heavy atom. The Hall–Kier alpha value is -2.44. The molecule has 23 heavy (non-hydrogen) atoms. The number of urea groups is 1. The van der Waals surface area contributed by atoms with E-state index in [4.69, 9.17) is 14.2 Å². The largest absolute Gasteiger partial charge is 0.493 e. The number of nitrogens with one attached hydrogen (secondary N) is 2. The maximum Gasteiger partial charge on any atom is 0.325 e. The predicted octanol–water partition coefficient (Wildman–Crippen LogP) is 1.50. The smallest absolute Gasteiger partial charge is 0.325 e. The molecule has 0 radical (unpaired) electrons. The van der Waals surface area contributed by atoms with E-state index in [9.17, 15) is 9.59 Å². The van der Waals surface area contributed by atoms with Gasteiger partial charge in [-0.15, -0.1) is 0 Å². The fraction of sp³-hybridized carbons (Fsp3) is 0.500. The van der Waals surface area contributed by atoms with Crippen molar-refractivity contribution in [2.24, 2.45) is 0 Å². The second-order valence-corrected chi connectivity index (χ2v) is 4.58. The normalized spacial score (nSPS) is 9.87. The summed E-state index contributed by atoms with van der Waals surface area (Å²) in [6.07, 6.45) is 0.635. The zero-order valence-electron chi connectivity index (χ0n) is 13.8. The van der Waals surface area contributed by atoms with Crippen molar-refractivity contribution in [2.75, 3.05) is 33.4 Å². The molecule has 0 spiro atoms. The van der Waals surface area contributed by atoms with Crippen molar-refractivity contribution in [3.05, 3.63) is 23.8 Å². The Labute approximate surface area is 136 Å². The lowest BCUT2D eigenvalue weighted by Gasteiger charge is -2.11. The van der Waals surface area contributed by atoms with E-state index in [-0.39, 0.29) is 6.54 Å². The molecule has 1 rings (SSSR count). The number of esters is 1. The van der Waals surface area contributed by atoms with Gasteiger partial charge in [-0.2, -0.15) is 0 Å². The minimum absolute atomic E-state index is 0.142. The van der Waals surface area contributed by atoms with Crippen LogP contribution in [0.5, 0.6) is 11.5 Å². The van der Waals surface area contributed by atoms with Crippen molar-refractivity contribution >= 4 is 12.0 Å². The highest BCUT2D eigenvalue weighted by atomic mass is 16.5. The summed E-state index contributed by atoms with van der Waals surface area (Å²) in [5, 5.41) is 5.11. The van der Waals surface area contributed by atoms with Crippen LogP contribution in [-0.2, 0) is 16.0 Å². The summed E-state index contributed by atoms with van der Waals surface area (Å²) < 4.78 is 15.4. The van der Waals surface area contributed by atoms with Gasteiger partial charge in [0.15, 0.2) is 11.5 Å². The van der Waals surface area contributed by atoms with Gasteiger partial charge < -0.3 is 24.8 Å². The van der Waals surface area contributed by atoms with Crippen LogP contribution in [-0.4, -0.2) is 45.4 Å². The monoisotopic (exact) mass is 324 g/mol. The van der Waals surface area contributed by atoms with Gasteiger partial charge in [0.2, 0.25) is 0 Å². The Balaban J connectivity index is 2.37. The van der Waals surface area contributed by atoms with Gasteiger partial charge in [-0.3, -0.25) is 4.79 Å². The van der Waals surface area contributed by atoms with E-state index in [1.165, 1.54) is 0 Å². The van der Waals surface area contributed by atoms with Crippen molar-refractivity contribution in [2.45, 2.75) is 20.3 Å². The maximum atomic E-state index is 11.5. The molecule has 0 unspecified atom stereocenters. The zero-order chi connectivity index (χ0) is 17.1. The third-order valence-corrected chi connectivity index (χ3v) is 2.93. The van der Waals surface area contributed by atoms with Crippen molar-refractivity contribution in [3.63, 3.8) is 0 Å². The molecule has 1 aromatic rings. The molecule has 0 aliphatic heterocycles. The molecular formula is C16H24N2O5. The number of benzene rings is 1. The van der Waals surface area contributed by atoms with Gasteiger partial charge in [0.1, 0.15) is 6.54 Å². The Bertz CT molecular complexity index is 519. The number of ether oxygens (including phenoxy) is 3. The first kappa shape index (κ1) is 18.6. The lowest BCUT2D eigenvalue weighted by molar-refractivity contribution is -0.141. The first-order chi connectivity index (χ1) is 11.1. The van der Waals surface area contributed by atoms with Gasteiger partial charge in [-0.05, 0) is 38.0 Å². The molecule has 0 aliphatic carbocycles. The van der Waals surface area contributed by atoms with Crippen LogP contribution in [0.4, 0.5) is 4.79 Å². The van der Waals surface area contributed by atoms with Crippen molar-refractivity contribution in [3.8, 4) is 11.5 Å². The van der Waals surface area contributed by atoms with Crippen LogP contribution in [0.1, 0.15) is 19.4 Å². The first-order valence-electron chi connectivity index (χ1n) is 7.57. The van der Waals surface area contributed by atoms with Crippen LogP contribution in [0, 0.1) is 0 Å². The number of carbonyl (C=O) groups is 2. The Kier molecular flexibility index (Phi) is 8.34. The zero-order valence-corrected chi connectivity index (χ0v) is 13.8. The highest BCUT2D eigenvalue weighted by molar-refractivity contribution is 5.80. The van der Waals surface area contributed by atoms with Crippen LogP contribution in [0.15, 0.2) is 18.2 Å². The summed E-state index contributed by atoms with van der Waals surface area (Å²) in [6, 6.07) is 5.24. The molecule has 0 saturated carbocycles. The quantitative estimate of drug-likeness (QED) is 0.672. The lowest BCUT2D eigenvalue weighted by Crippen LogP contribution is -2.39. The Morgan fingerprint density at radius 2 is 1.87 bits per heavy atom. The van der Waals surface area contributed by atoms with E-state index in [1.54, 1.807) is 14.0 Å². The minimum atomic E-state index is -0.459. The van der Waals surface area contributed by atoms with Gasteiger partial charge in [0.25, 0.3) is 0 Å². The van der Waals surface area contributed by atoms with Crippen molar-refractivity contribution in [1.82, 2.24) is 10.6 Å². The van der Waals surface area contributed by atoms with Crippen LogP contribution < -0.4 is 20.1 Å². The average molecular weight is 324 g/mol. The van der Waals surface area contributed by atoms with E-state index < -0.39 is 12.0 Å². The summed E-state index contributed by atoms with van der Waals surface area (Å²) in [4.78, 5) is 22.6. The van der Waals surface area contributed by atoms with E-state index >= 15 is 0 Å². The molecule has 0 bridgehead atoms. The standard InChI is InChI=1S/C16H24N2O5/c1-4-22-13-7-6-12(10-14(13)21-3)8-9-17-16(20)18-11-15(19)23-5-2/h6-7,10H,4-5,8-9,11H2,1-3H3,(H2,17,18,20). The van der Waals surface area contributed by atoms with Gasteiger partial charge in [-0.1, -0.05) is 6.07 Å². The molecule has 0 aliphatic rings. The number of carbonyl (C=O) groups excluding carboxylic acids is 2. The van der Waals surface area contributed by atoms with Crippen LogP contribution >= 0.6 is 0 Å². The van der Waals surface area contributed by atoms with Gasteiger partial charge >= 0.3 is 12.0 Å². The van der Waals surface area contributed by atoms with Gasteiger partial charge in [-0.25, -0.2) is 4.79 Å². The molecule has 0 atom stereocenters. The van der Waals surface area contributed by atoms with Crippen LogP contribution in [0.25, 0.3) is 0 Å². The van der Waals surface area contributed by atoms with Gasteiger partial charge in [0, 0.05) is 6.54 Å². The summed E-state index contributed by atoms with van der Waals surface area (Å²) in [7, 11) is 1.59. The topological polar surface area (TPSA) is 85.9 Å². The van der Waals surface area contributed by atoms with E-state index in [2.05, 4.69) is 10.6 Å². The van der Waals surface area contributed by atoms with Gasteiger partial charge in [0.05, 0.1) is 20.3 Å². The predicted molar refractivity (Wildman–Crippen MR) is 85.9 cm³/mol. The van der Waals surface area contributed by atoms with E-state index in [1.807, 2.05) is 25.1 Å². The molecule has 0 aromatic heterocycles. The van der Waals surface area contributed by atoms with Crippen molar-refractivity contribution < 1.29 is 23.8 Å². The molecular weight excluding hydrogens is 300 g/mol.